The Labute approximate surface area is 151 Å². The fraction of sp³-hybridized carbons (Fsp3) is 0.250. The number of fused-ring (bicyclic) bond motifs is 1. The first-order chi connectivity index (χ1) is 12.1. The molecule has 1 aliphatic heterocycles. The number of rotatable bonds is 2. The number of para-hydroxylation sites is 1. The average Bonchev–Trinajstić information content (AvgIpc) is 2.99. The zero-order valence-corrected chi connectivity index (χ0v) is 14.7. The van der Waals surface area contributed by atoms with Gasteiger partial charge in [-0.3, -0.25) is 4.79 Å². The highest BCUT2D eigenvalue weighted by molar-refractivity contribution is 6.30. The van der Waals surface area contributed by atoms with Gasteiger partial charge in [0.2, 0.25) is 0 Å². The topological polar surface area (TPSA) is 45.3 Å². The third-order valence-electron chi connectivity index (χ3n) is 4.78. The van der Waals surface area contributed by atoms with Gasteiger partial charge in [0.15, 0.2) is 0 Å². The predicted molar refractivity (Wildman–Crippen MR) is 99.1 cm³/mol. The van der Waals surface area contributed by atoms with Crippen molar-refractivity contribution < 1.29 is 9.53 Å². The molecule has 4 rings (SSSR count). The van der Waals surface area contributed by atoms with Gasteiger partial charge in [0.25, 0.3) is 5.91 Å². The Hall–Kier alpha value is -2.30. The van der Waals surface area contributed by atoms with E-state index in [1.54, 1.807) is 0 Å². The van der Waals surface area contributed by atoms with Gasteiger partial charge in [-0.05, 0) is 36.2 Å². The summed E-state index contributed by atoms with van der Waals surface area (Å²) in [5, 5.41) is 1.79. The zero-order chi connectivity index (χ0) is 17.4. The number of H-pyrrole nitrogens is 1. The lowest BCUT2D eigenvalue weighted by atomic mass is 10.1. The molecule has 1 fully saturated rings. The van der Waals surface area contributed by atoms with Crippen LogP contribution in [0.2, 0.25) is 5.02 Å². The van der Waals surface area contributed by atoms with Crippen LogP contribution in [0.15, 0.2) is 48.5 Å². The molecule has 0 aliphatic carbocycles. The van der Waals surface area contributed by atoms with Crippen molar-refractivity contribution >= 4 is 28.4 Å². The van der Waals surface area contributed by atoms with E-state index in [4.69, 9.17) is 16.3 Å². The van der Waals surface area contributed by atoms with Crippen molar-refractivity contribution in [1.82, 2.24) is 9.88 Å². The molecule has 1 aromatic heterocycles. The summed E-state index contributed by atoms with van der Waals surface area (Å²) in [5.74, 6) is 0.0240. The largest absolute Gasteiger partial charge is 0.370 e. The molecule has 1 N–H and O–H groups in total. The Kier molecular flexibility index (Phi) is 4.24. The number of benzene rings is 2. The van der Waals surface area contributed by atoms with E-state index in [2.05, 4.69) is 4.98 Å². The molecule has 0 radical (unpaired) electrons. The molecule has 0 saturated carbocycles. The lowest BCUT2D eigenvalue weighted by Crippen LogP contribution is -2.42. The molecule has 1 amide bonds. The number of hydrogen-bond donors (Lipinski definition) is 1. The number of nitrogens with zero attached hydrogens (tertiary/aromatic N) is 1. The number of nitrogens with one attached hydrogen (secondary N) is 1. The summed E-state index contributed by atoms with van der Waals surface area (Å²) in [6.07, 6.45) is -0.125. The fourth-order valence-electron chi connectivity index (χ4n) is 3.37. The van der Waals surface area contributed by atoms with Crippen LogP contribution < -0.4 is 0 Å². The second-order valence-corrected chi connectivity index (χ2v) is 6.77. The van der Waals surface area contributed by atoms with E-state index in [9.17, 15) is 4.79 Å². The summed E-state index contributed by atoms with van der Waals surface area (Å²) in [6, 6.07) is 15.6. The molecule has 0 spiro atoms. The van der Waals surface area contributed by atoms with E-state index in [1.807, 2.05) is 60.4 Å². The Morgan fingerprint density at radius 2 is 1.96 bits per heavy atom. The summed E-state index contributed by atoms with van der Waals surface area (Å²) in [4.78, 5) is 18.2. The quantitative estimate of drug-likeness (QED) is 0.743. The maximum Gasteiger partial charge on any atom is 0.270 e. The van der Waals surface area contributed by atoms with Gasteiger partial charge in [0.05, 0.1) is 13.2 Å². The number of hydrogen-bond acceptors (Lipinski definition) is 2. The van der Waals surface area contributed by atoms with Gasteiger partial charge < -0.3 is 14.6 Å². The number of aromatic nitrogens is 1. The number of aromatic amines is 1. The van der Waals surface area contributed by atoms with Gasteiger partial charge in [-0.2, -0.15) is 0 Å². The Bertz CT molecular complexity index is 917. The monoisotopic (exact) mass is 354 g/mol. The molecule has 25 heavy (non-hydrogen) atoms. The van der Waals surface area contributed by atoms with Crippen LogP contribution in [0, 0.1) is 6.92 Å². The predicted octanol–water partition coefficient (Wildman–Crippen LogP) is 4.34. The van der Waals surface area contributed by atoms with Crippen LogP contribution >= 0.6 is 11.6 Å². The van der Waals surface area contributed by atoms with Crippen LogP contribution in [0.4, 0.5) is 0 Å². The van der Waals surface area contributed by atoms with Crippen LogP contribution in [-0.2, 0) is 4.74 Å². The van der Waals surface area contributed by atoms with E-state index in [0.717, 1.165) is 22.0 Å². The summed E-state index contributed by atoms with van der Waals surface area (Å²) in [5.41, 5.74) is 3.69. The summed E-state index contributed by atoms with van der Waals surface area (Å²) in [6.45, 7) is 3.65. The molecule has 1 saturated heterocycles. The molecular weight excluding hydrogens is 336 g/mol. The molecule has 1 atom stereocenters. The zero-order valence-electron chi connectivity index (χ0n) is 14.0. The lowest BCUT2D eigenvalue weighted by molar-refractivity contribution is -0.0230. The van der Waals surface area contributed by atoms with Crippen molar-refractivity contribution in [3.05, 3.63) is 70.4 Å². The van der Waals surface area contributed by atoms with E-state index >= 15 is 0 Å². The normalized spacial score (nSPS) is 17.8. The number of halogens is 1. The lowest BCUT2D eigenvalue weighted by Gasteiger charge is -2.33. The fourth-order valence-corrected chi connectivity index (χ4v) is 3.49. The van der Waals surface area contributed by atoms with E-state index in [-0.39, 0.29) is 12.0 Å². The van der Waals surface area contributed by atoms with Crippen molar-refractivity contribution in [3.63, 3.8) is 0 Å². The molecular formula is C20H19ClN2O2. The number of aryl methyl sites for hydroxylation is 1. The summed E-state index contributed by atoms with van der Waals surface area (Å²) in [7, 11) is 0. The van der Waals surface area contributed by atoms with Gasteiger partial charge in [0.1, 0.15) is 11.8 Å². The molecule has 2 heterocycles. The van der Waals surface area contributed by atoms with Crippen LogP contribution in [0.3, 0.4) is 0 Å². The number of carbonyl (C=O) groups excluding carboxylic acids is 1. The van der Waals surface area contributed by atoms with Crippen molar-refractivity contribution in [3.8, 4) is 0 Å². The molecule has 3 aromatic rings. The van der Waals surface area contributed by atoms with Crippen LogP contribution in [-0.4, -0.2) is 35.5 Å². The van der Waals surface area contributed by atoms with Crippen LogP contribution in [0.25, 0.3) is 10.9 Å². The van der Waals surface area contributed by atoms with Crippen LogP contribution in [0.1, 0.15) is 27.7 Å². The van der Waals surface area contributed by atoms with Crippen molar-refractivity contribution in [1.29, 1.82) is 0 Å². The second kappa shape index (κ2) is 6.54. The van der Waals surface area contributed by atoms with Gasteiger partial charge in [-0.1, -0.05) is 41.9 Å². The Morgan fingerprint density at radius 3 is 2.72 bits per heavy atom. The molecule has 0 bridgehead atoms. The third kappa shape index (κ3) is 3.03. The first-order valence-corrected chi connectivity index (χ1v) is 8.75. The molecule has 1 aliphatic rings. The van der Waals surface area contributed by atoms with E-state index < -0.39 is 0 Å². The second-order valence-electron chi connectivity index (χ2n) is 6.33. The standard InChI is InChI=1S/C20H19ClN2O2/c1-13-16-4-2-3-5-17(16)22-19(13)20(24)23-10-11-25-18(12-23)14-6-8-15(21)9-7-14/h2-9,18,22H,10-12H2,1H3/t18-/m0/s1. The smallest absolute Gasteiger partial charge is 0.270 e. The minimum atomic E-state index is -0.125. The van der Waals surface area contributed by atoms with Gasteiger partial charge in [-0.25, -0.2) is 0 Å². The molecule has 128 valence electrons. The van der Waals surface area contributed by atoms with Crippen molar-refractivity contribution in [2.24, 2.45) is 0 Å². The Balaban J connectivity index is 1.59. The highest BCUT2D eigenvalue weighted by Gasteiger charge is 2.28. The third-order valence-corrected chi connectivity index (χ3v) is 5.03. The molecule has 5 heteroatoms. The molecule has 0 unspecified atom stereocenters. The first kappa shape index (κ1) is 16.2. The number of ether oxygens (including phenoxy) is 1. The van der Waals surface area contributed by atoms with E-state index in [0.29, 0.717) is 30.4 Å². The maximum atomic E-state index is 13.0. The minimum Gasteiger partial charge on any atom is -0.370 e. The maximum absolute atomic E-state index is 13.0. The Morgan fingerprint density at radius 1 is 1.20 bits per heavy atom. The van der Waals surface area contributed by atoms with Crippen LogP contribution in [0.5, 0.6) is 0 Å². The highest BCUT2D eigenvalue weighted by atomic mass is 35.5. The number of morpholine rings is 1. The van der Waals surface area contributed by atoms with Gasteiger partial charge in [0, 0.05) is 22.5 Å². The van der Waals surface area contributed by atoms with Crippen molar-refractivity contribution in [2.45, 2.75) is 13.0 Å². The SMILES string of the molecule is Cc1c(C(=O)N2CCO[C@H](c3ccc(Cl)cc3)C2)[nH]c2ccccc12. The van der Waals surface area contributed by atoms with Crippen molar-refractivity contribution in [2.75, 3.05) is 19.7 Å². The van der Waals surface area contributed by atoms with Gasteiger partial charge in [-0.15, -0.1) is 0 Å². The number of amides is 1. The summed E-state index contributed by atoms with van der Waals surface area (Å²) < 4.78 is 5.86. The average molecular weight is 355 g/mol. The summed E-state index contributed by atoms with van der Waals surface area (Å²) >= 11 is 5.96. The minimum absolute atomic E-state index is 0.0240. The molecule has 4 nitrogen and oxygen atoms in total. The molecule has 2 aromatic carbocycles. The number of carbonyl (C=O) groups is 1. The highest BCUT2D eigenvalue weighted by Crippen LogP contribution is 2.27. The first-order valence-electron chi connectivity index (χ1n) is 8.37. The van der Waals surface area contributed by atoms with Gasteiger partial charge >= 0.3 is 0 Å². The van der Waals surface area contributed by atoms with E-state index in [1.165, 1.54) is 0 Å².